The molecular weight excluding hydrogens is 344 g/mol. The Balaban J connectivity index is 1.47. The number of nitrogens with one attached hydrogen (secondary N) is 1. The van der Waals surface area contributed by atoms with Crippen molar-refractivity contribution in [3.8, 4) is 0 Å². The topological polar surface area (TPSA) is 49.4 Å². The zero-order valence-corrected chi connectivity index (χ0v) is 15.6. The highest BCUT2D eigenvalue weighted by molar-refractivity contribution is 7.09. The lowest BCUT2D eigenvalue weighted by Crippen LogP contribution is -2.45. The second-order valence-electron chi connectivity index (χ2n) is 7.16. The Morgan fingerprint density at radius 1 is 1.08 bits per heavy atom. The minimum absolute atomic E-state index is 0.0314. The molecule has 4 nitrogen and oxygen atoms in total. The third-order valence-corrected chi connectivity index (χ3v) is 6.47. The van der Waals surface area contributed by atoms with E-state index in [1.165, 1.54) is 5.56 Å². The number of hydrogen-bond donors (Lipinski definition) is 1. The van der Waals surface area contributed by atoms with Crippen LogP contribution in [0.4, 0.5) is 5.69 Å². The van der Waals surface area contributed by atoms with E-state index in [2.05, 4.69) is 11.4 Å². The first-order valence-corrected chi connectivity index (χ1v) is 10.3. The number of carbonyl (C=O) groups is 2. The maximum absolute atomic E-state index is 13.3. The summed E-state index contributed by atoms with van der Waals surface area (Å²) >= 11 is 1.64. The van der Waals surface area contributed by atoms with Gasteiger partial charge in [0.25, 0.3) is 0 Å². The van der Waals surface area contributed by atoms with Crippen molar-refractivity contribution in [2.75, 3.05) is 11.4 Å². The second kappa shape index (κ2) is 7.62. The number of hydrogen-bond acceptors (Lipinski definition) is 3. The Kier molecular flexibility index (Phi) is 5.07. The van der Waals surface area contributed by atoms with Crippen LogP contribution >= 0.6 is 11.3 Å². The van der Waals surface area contributed by atoms with Gasteiger partial charge >= 0.3 is 0 Å². The fourth-order valence-corrected chi connectivity index (χ4v) is 4.87. The van der Waals surface area contributed by atoms with Crippen LogP contribution in [0.1, 0.15) is 36.1 Å². The molecule has 2 aliphatic rings. The van der Waals surface area contributed by atoms with Crippen molar-refractivity contribution >= 4 is 28.8 Å². The molecule has 2 heterocycles. The average Bonchev–Trinajstić information content (AvgIpc) is 3.35. The Bertz CT molecular complexity index is 787. The van der Waals surface area contributed by atoms with Crippen LogP contribution in [-0.2, 0) is 22.6 Å². The fraction of sp³-hybridized carbons (Fsp3) is 0.429. The van der Waals surface area contributed by atoms with Crippen molar-refractivity contribution in [1.82, 2.24) is 5.32 Å². The van der Waals surface area contributed by atoms with E-state index in [1.54, 1.807) is 11.3 Å². The molecule has 0 spiro atoms. The van der Waals surface area contributed by atoms with Crippen LogP contribution in [0.5, 0.6) is 0 Å². The van der Waals surface area contributed by atoms with Gasteiger partial charge in [0.2, 0.25) is 11.8 Å². The molecule has 1 N–H and O–H groups in total. The molecule has 1 saturated carbocycles. The average molecular weight is 369 g/mol. The number of fused-ring (bicyclic) bond motifs is 1. The predicted octanol–water partition coefficient (Wildman–Crippen LogP) is 3.76. The van der Waals surface area contributed by atoms with Gasteiger partial charge in [0, 0.05) is 23.0 Å². The molecule has 1 aliphatic carbocycles. The highest BCUT2D eigenvalue weighted by Gasteiger charge is 2.39. The molecule has 1 aliphatic heterocycles. The minimum Gasteiger partial charge on any atom is -0.351 e. The molecule has 0 radical (unpaired) electrons. The molecule has 0 saturated heterocycles. The smallest absolute Gasteiger partial charge is 0.230 e. The molecule has 136 valence electrons. The molecule has 1 aromatic heterocycles. The van der Waals surface area contributed by atoms with Gasteiger partial charge in [0.15, 0.2) is 0 Å². The number of para-hydroxylation sites is 1. The van der Waals surface area contributed by atoms with Gasteiger partial charge in [0.05, 0.1) is 12.5 Å². The summed E-state index contributed by atoms with van der Waals surface area (Å²) in [5.74, 6) is -0.239. The van der Waals surface area contributed by atoms with Gasteiger partial charge in [-0.15, -0.1) is 11.3 Å². The molecule has 2 unspecified atom stereocenters. The highest BCUT2D eigenvalue weighted by atomic mass is 32.1. The van der Waals surface area contributed by atoms with Crippen LogP contribution in [-0.4, -0.2) is 18.4 Å². The van der Waals surface area contributed by atoms with E-state index >= 15 is 0 Å². The SMILES string of the molecule is O=C(NCc1cccs1)C1CCCCC1C(=O)N1CCc2ccccc21. The summed E-state index contributed by atoms with van der Waals surface area (Å²) in [5.41, 5.74) is 2.26. The van der Waals surface area contributed by atoms with Gasteiger partial charge in [-0.2, -0.15) is 0 Å². The summed E-state index contributed by atoms with van der Waals surface area (Å²) in [6.45, 7) is 1.29. The van der Waals surface area contributed by atoms with Gasteiger partial charge < -0.3 is 10.2 Å². The first kappa shape index (κ1) is 17.3. The molecule has 5 heteroatoms. The van der Waals surface area contributed by atoms with Crippen LogP contribution in [0.25, 0.3) is 0 Å². The highest BCUT2D eigenvalue weighted by Crippen LogP contribution is 2.36. The van der Waals surface area contributed by atoms with Crippen molar-refractivity contribution in [2.45, 2.75) is 38.6 Å². The normalized spacial score (nSPS) is 22.1. The van der Waals surface area contributed by atoms with Gasteiger partial charge in [-0.05, 0) is 42.3 Å². The van der Waals surface area contributed by atoms with E-state index < -0.39 is 0 Å². The van der Waals surface area contributed by atoms with Gasteiger partial charge in [0.1, 0.15) is 0 Å². The standard InChI is InChI=1S/C21H24N2O2S/c24-20(22-14-16-7-5-13-26-16)17-8-2-3-9-18(17)21(25)23-12-11-15-6-1-4-10-19(15)23/h1,4-7,10,13,17-18H,2-3,8-9,11-12,14H2,(H,22,24). The molecule has 1 aromatic carbocycles. The molecule has 2 amide bonds. The second-order valence-corrected chi connectivity index (χ2v) is 8.20. The summed E-state index contributed by atoms with van der Waals surface area (Å²) in [7, 11) is 0. The maximum Gasteiger partial charge on any atom is 0.230 e. The molecule has 2 atom stereocenters. The summed E-state index contributed by atoms with van der Waals surface area (Å²) in [6.07, 6.45) is 4.58. The third kappa shape index (κ3) is 3.40. The number of carbonyl (C=O) groups excluding carboxylic acids is 2. The van der Waals surface area contributed by atoms with Crippen LogP contribution < -0.4 is 10.2 Å². The van der Waals surface area contributed by atoms with Gasteiger partial charge in [-0.3, -0.25) is 9.59 Å². The number of amides is 2. The first-order valence-electron chi connectivity index (χ1n) is 9.43. The van der Waals surface area contributed by atoms with E-state index in [0.29, 0.717) is 6.54 Å². The monoisotopic (exact) mass is 368 g/mol. The zero-order valence-electron chi connectivity index (χ0n) is 14.8. The predicted molar refractivity (Wildman–Crippen MR) is 104 cm³/mol. The molecule has 4 rings (SSSR count). The summed E-state index contributed by atoms with van der Waals surface area (Å²) in [5, 5.41) is 5.06. The van der Waals surface area contributed by atoms with Crippen LogP contribution in [0.15, 0.2) is 41.8 Å². The molecule has 2 aromatic rings. The van der Waals surface area contributed by atoms with E-state index in [0.717, 1.165) is 49.2 Å². The lowest BCUT2D eigenvalue weighted by Gasteiger charge is -2.32. The number of nitrogens with zero attached hydrogens (tertiary/aromatic N) is 1. The maximum atomic E-state index is 13.3. The Labute approximate surface area is 158 Å². The summed E-state index contributed by atoms with van der Waals surface area (Å²) < 4.78 is 0. The van der Waals surface area contributed by atoms with Gasteiger partial charge in [-0.25, -0.2) is 0 Å². The van der Waals surface area contributed by atoms with Crippen molar-refractivity contribution in [2.24, 2.45) is 11.8 Å². The van der Waals surface area contributed by atoms with Crippen molar-refractivity contribution in [3.63, 3.8) is 0 Å². The first-order chi connectivity index (χ1) is 12.7. The molecule has 26 heavy (non-hydrogen) atoms. The van der Waals surface area contributed by atoms with E-state index in [9.17, 15) is 9.59 Å². The molecule has 0 bridgehead atoms. The number of rotatable bonds is 4. The van der Waals surface area contributed by atoms with Crippen LogP contribution in [0.3, 0.4) is 0 Å². The number of thiophene rings is 1. The van der Waals surface area contributed by atoms with E-state index in [4.69, 9.17) is 0 Å². The van der Waals surface area contributed by atoms with E-state index in [1.807, 2.05) is 40.6 Å². The lowest BCUT2D eigenvalue weighted by molar-refractivity contribution is -0.135. The summed E-state index contributed by atoms with van der Waals surface area (Å²) in [6, 6.07) is 12.1. The number of anilines is 1. The quantitative estimate of drug-likeness (QED) is 0.893. The van der Waals surface area contributed by atoms with Crippen molar-refractivity contribution < 1.29 is 9.59 Å². The van der Waals surface area contributed by atoms with Gasteiger partial charge in [-0.1, -0.05) is 37.1 Å². The largest absolute Gasteiger partial charge is 0.351 e. The molecular formula is C21H24N2O2S. The Hall–Kier alpha value is -2.14. The van der Waals surface area contributed by atoms with Crippen LogP contribution in [0, 0.1) is 11.8 Å². The molecule has 1 fully saturated rings. The van der Waals surface area contributed by atoms with Crippen molar-refractivity contribution in [1.29, 1.82) is 0 Å². The zero-order chi connectivity index (χ0) is 17.9. The lowest BCUT2D eigenvalue weighted by atomic mass is 9.77. The summed E-state index contributed by atoms with van der Waals surface area (Å²) in [4.78, 5) is 29.1. The fourth-order valence-electron chi connectivity index (χ4n) is 4.23. The van der Waals surface area contributed by atoms with Crippen molar-refractivity contribution in [3.05, 3.63) is 52.2 Å². The minimum atomic E-state index is -0.205. The van der Waals surface area contributed by atoms with Crippen LogP contribution in [0.2, 0.25) is 0 Å². The third-order valence-electron chi connectivity index (χ3n) is 5.59. The van der Waals surface area contributed by atoms with E-state index in [-0.39, 0.29) is 23.7 Å². The Morgan fingerprint density at radius 3 is 2.69 bits per heavy atom. The number of benzene rings is 1. The Morgan fingerprint density at radius 2 is 1.88 bits per heavy atom.